The molecular formula is C22H33N3O3. The monoisotopic (exact) mass is 387 g/mol. The molecule has 6 nitrogen and oxygen atoms in total. The van der Waals surface area contributed by atoms with Crippen LogP contribution in [0.1, 0.15) is 56.6 Å². The van der Waals surface area contributed by atoms with Gasteiger partial charge in [-0.15, -0.1) is 0 Å². The summed E-state index contributed by atoms with van der Waals surface area (Å²) >= 11 is 0. The van der Waals surface area contributed by atoms with Crippen LogP contribution in [-0.2, 0) is 17.9 Å². The topological polar surface area (TPSA) is 81.7 Å². The Hall–Kier alpha value is -2.08. The fraction of sp³-hybridized carbons (Fsp3) is 0.636. The molecule has 1 aliphatic carbocycles. The maximum absolute atomic E-state index is 12.3. The summed E-state index contributed by atoms with van der Waals surface area (Å²) in [7, 11) is 0. The lowest BCUT2D eigenvalue weighted by molar-refractivity contribution is -0.142. The maximum Gasteiger partial charge on any atom is 0.315 e. The fourth-order valence-corrected chi connectivity index (χ4v) is 4.24. The van der Waals surface area contributed by atoms with Crippen LogP contribution in [0.3, 0.4) is 0 Å². The highest BCUT2D eigenvalue weighted by Gasteiger charge is 2.26. The number of hydrogen-bond donors (Lipinski definition) is 3. The summed E-state index contributed by atoms with van der Waals surface area (Å²) in [5.74, 6) is -0.157. The van der Waals surface area contributed by atoms with Crippen LogP contribution in [-0.4, -0.2) is 41.1 Å². The largest absolute Gasteiger partial charge is 0.481 e. The Balaban J connectivity index is 1.45. The minimum atomic E-state index is -0.720. The summed E-state index contributed by atoms with van der Waals surface area (Å²) < 4.78 is 0. The number of amides is 2. The average Bonchev–Trinajstić information content (AvgIpc) is 2.69. The van der Waals surface area contributed by atoms with Gasteiger partial charge in [0.2, 0.25) is 0 Å². The van der Waals surface area contributed by atoms with Crippen LogP contribution in [0.4, 0.5) is 4.79 Å². The summed E-state index contributed by atoms with van der Waals surface area (Å²) in [5, 5.41) is 15.1. The van der Waals surface area contributed by atoms with Gasteiger partial charge < -0.3 is 15.7 Å². The number of carboxylic acids is 1. The van der Waals surface area contributed by atoms with Crippen LogP contribution in [0, 0.1) is 11.8 Å². The van der Waals surface area contributed by atoms with E-state index in [1.165, 1.54) is 18.4 Å². The van der Waals surface area contributed by atoms with Crippen molar-refractivity contribution in [2.75, 3.05) is 13.1 Å². The lowest BCUT2D eigenvalue weighted by Crippen LogP contribution is -2.44. The first-order valence-electron chi connectivity index (χ1n) is 10.6. The first-order chi connectivity index (χ1) is 13.5. The van der Waals surface area contributed by atoms with Gasteiger partial charge in [0.05, 0.1) is 5.92 Å². The molecule has 3 N–H and O–H groups in total. The molecule has 2 amide bonds. The first-order valence-corrected chi connectivity index (χ1v) is 10.6. The molecule has 0 atom stereocenters. The number of likely N-dealkylation sites (tertiary alicyclic amines) is 1. The van der Waals surface area contributed by atoms with E-state index in [1.54, 1.807) is 0 Å². The number of benzene rings is 1. The predicted octanol–water partition coefficient (Wildman–Crippen LogP) is 3.36. The third-order valence-corrected chi connectivity index (χ3v) is 6.24. The van der Waals surface area contributed by atoms with Crippen molar-refractivity contribution < 1.29 is 14.7 Å². The highest BCUT2D eigenvalue weighted by Crippen LogP contribution is 2.24. The highest BCUT2D eigenvalue weighted by molar-refractivity contribution is 5.74. The van der Waals surface area contributed by atoms with E-state index >= 15 is 0 Å². The second kappa shape index (κ2) is 9.92. The van der Waals surface area contributed by atoms with E-state index in [-0.39, 0.29) is 18.0 Å². The third-order valence-electron chi connectivity index (χ3n) is 6.24. The standard InChI is InChI=1S/C22H33N3O3/c1-16-10-12-25(13-11-16)15-19-5-3-2-4-18(19)14-23-22(28)24-20-8-6-17(7-9-20)21(26)27/h2-5,16-17,20H,6-15H2,1H3,(H,26,27)(H2,23,24,28). The Kier molecular flexibility index (Phi) is 7.31. The average molecular weight is 388 g/mol. The number of carbonyl (C=O) groups excluding carboxylic acids is 1. The van der Waals surface area contributed by atoms with Crippen molar-refractivity contribution >= 4 is 12.0 Å². The number of piperidine rings is 1. The smallest absolute Gasteiger partial charge is 0.315 e. The van der Waals surface area contributed by atoms with E-state index in [4.69, 9.17) is 5.11 Å². The van der Waals surface area contributed by atoms with E-state index in [9.17, 15) is 9.59 Å². The molecular weight excluding hydrogens is 354 g/mol. The molecule has 28 heavy (non-hydrogen) atoms. The van der Waals surface area contributed by atoms with Crippen molar-refractivity contribution in [3.63, 3.8) is 0 Å². The van der Waals surface area contributed by atoms with Gasteiger partial charge in [-0.2, -0.15) is 0 Å². The molecule has 1 aromatic rings. The van der Waals surface area contributed by atoms with Gasteiger partial charge in [0.1, 0.15) is 0 Å². The fourth-order valence-electron chi connectivity index (χ4n) is 4.24. The van der Waals surface area contributed by atoms with Crippen molar-refractivity contribution in [3.8, 4) is 0 Å². The Bertz CT molecular complexity index is 663. The van der Waals surface area contributed by atoms with Gasteiger partial charge in [-0.3, -0.25) is 9.69 Å². The van der Waals surface area contributed by atoms with Crippen LogP contribution < -0.4 is 10.6 Å². The van der Waals surface area contributed by atoms with E-state index < -0.39 is 5.97 Å². The van der Waals surface area contributed by atoms with Gasteiger partial charge in [0.25, 0.3) is 0 Å². The third kappa shape index (κ3) is 5.96. The molecule has 154 valence electrons. The van der Waals surface area contributed by atoms with Crippen molar-refractivity contribution in [2.45, 2.75) is 64.6 Å². The highest BCUT2D eigenvalue weighted by atomic mass is 16.4. The molecule has 3 rings (SSSR count). The molecule has 0 bridgehead atoms. The minimum absolute atomic E-state index is 0.0705. The number of urea groups is 1. The van der Waals surface area contributed by atoms with Crippen LogP contribution in [0.5, 0.6) is 0 Å². The maximum atomic E-state index is 12.3. The number of rotatable bonds is 6. The number of hydrogen-bond acceptors (Lipinski definition) is 3. The molecule has 6 heteroatoms. The van der Waals surface area contributed by atoms with Crippen LogP contribution in [0.15, 0.2) is 24.3 Å². The molecule has 1 heterocycles. The Morgan fingerprint density at radius 2 is 1.68 bits per heavy atom. The second-order valence-electron chi connectivity index (χ2n) is 8.44. The first kappa shape index (κ1) is 20.6. The van der Waals surface area contributed by atoms with Gasteiger partial charge in [-0.1, -0.05) is 31.2 Å². The van der Waals surface area contributed by atoms with Crippen LogP contribution in [0.2, 0.25) is 0 Å². The SMILES string of the molecule is CC1CCN(Cc2ccccc2CNC(=O)NC2CCC(C(=O)O)CC2)CC1. The van der Waals surface area contributed by atoms with Crippen LogP contribution in [0.25, 0.3) is 0 Å². The summed E-state index contributed by atoms with van der Waals surface area (Å²) in [6.45, 7) is 6.05. The van der Waals surface area contributed by atoms with Gasteiger partial charge >= 0.3 is 12.0 Å². The van der Waals surface area contributed by atoms with Crippen LogP contribution >= 0.6 is 0 Å². The van der Waals surface area contributed by atoms with Gasteiger partial charge in [-0.25, -0.2) is 4.79 Å². The summed E-state index contributed by atoms with van der Waals surface area (Å²) in [4.78, 5) is 25.8. The Morgan fingerprint density at radius 3 is 2.32 bits per heavy atom. The van der Waals surface area contributed by atoms with Crippen molar-refractivity contribution in [2.24, 2.45) is 11.8 Å². The molecule has 1 aliphatic heterocycles. The number of aliphatic carboxylic acids is 1. The summed E-state index contributed by atoms with van der Waals surface area (Å²) in [5.41, 5.74) is 2.44. The molecule has 2 fully saturated rings. The van der Waals surface area contributed by atoms with E-state index in [1.807, 2.05) is 6.07 Å². The molecule has 2 aliphatic rings. The lowest BCUT2D eigenvalue weighted by Gasteiger charge is -2.30. The number of nitrogens with one attached hydrogen (secondary N) is 2. The van der Waals surface area contributed by atoms with Crippen molar-refractivity contribution in [1.82, 2.24) is 15.5 Å². The normalized spacial score (nSPS) is 23.9. The zero-order chi connectivity index (χ0) is 19.9. The second-order valence-corrected chi connectivity index (χ2v) is 8.44. The predicted molar refractivity (Wildman–Crippen MR) is 109 cm³/mol. The summed E-state index contributed by atoms with van der Waals surface area (Å²) in [6.07, 6.45) is 5.25. The quantitative estimate of drug-likeness (QED) is 0.699. The van der Waals surface area contributed by atoms with Gasteiger partial charge in [0, 0.05) is 19.1 Å². The van der Waals surface area contributed by atoms with Crippen molar-refractivity contribution in [3.05, 3.63) is 35.4 Å². The number of nitrogens with zero attached hydrogens (tertiary/aromatic N) is 1. The van der Waals surface area contributed by atoms with Gasteiger partial charge in [-0.05, 0) is 68.7 Å². The lowest BCUT2D eigenvalue weighted by atomic mass is 9.86. The molecule has 0 radical (unpaired) electrons. The van der Waals surface area contributed by atoms with E-state index in [0.717, 1.165) is 44.0 Å². The Labute approximate surface area is 167 Å². The molecule has 1 saturated heterocycles. The zero-order valence-electron chi connectivity index (χ0n) is 16.8. The molecule has 1 saturated carbocycles. The van der Waals surface area contributed by atoms with E-state index in [0.29, 0.717) is 19.4 Å². The van der Waals surface area contributed by atoms with Crippen molar-refractivity contribution in [1.29, 1.82) is 0 Å². The number of carboxylic acid groups (broad SMARTS) is 1. The zero-order valence-corrected chi connectivity index (χ0v) is 16.8. The molecule has 0 aromatic heterocycles. The number of carbonyl (C=O) groups is 2. The molecule has 1 aromatic carbocycles. The minimum Gasteiger partial charge on any atom is -0.481 e. The van der Waals surface area contributed by atoms with E-state index in [2.05, 4.69) is 40.7 Å². The Morgan fingerprint density at radius 1 is 1.04 bits per heavy atom. The van der Waals surface area contributed by atoms with Gasteiger partial charge in [0.15, 0.2) is 0 Å². The molecule has 0 unspecified atom stereocenters. The summed E-state index contributed by atoms with van der Waals surface area (Å²) in [6, 6.07) is 8.22. The molecule has 0 spiro atoms.